The second-order valence-corrected chi connectivity index (χ2v) is 22.9. The number of alkyl carbamates (subject to hydrolysis) is 1. The number of fused-ring (bicyclic) bond motifs is 5. The summed E-state index contributed by atoms with van der Waals surface area (Å²) in [5.41, 5.74) is 0.593. The van der Waals surface area contributed by atoms with Crippen LogP contribution in [0, 0.1) is 42.4 Å². The van der Waals surface area contributed by atoms with Gasteiger partial charge in [-0.3, -0.25) is 34.2 Å². The number of esters is 1. The molecule has 70 heavy (non-hydrogen) atoms. The van der Waals surface area contributed by atoms with Gasteiger partial charge in [-0.2, -0.15) is 5.06 Å². The Kier molecular flexibility index (Phi) is 15.8. The van der Waals surface area contributed by atoms with E-state index in [1.165, 1.54) is 21.6 Å². The van der Waals surface area contributed by atoms with Crippen LogP contribution in [0.25, 0.3) is 0 Å². The summed E-state index contributed by atoms with van der Waals surface area (Å²) < 4.78 is 18.5. The zero-order valence-electron chi connectivity index (χ0n) is 41.2. The van der Waals surface area contributed by atoms with Crippen molar-refractivity contribution in [3.63, 3.8) is 0 Å². The Balaban J connectivity index is 0.877. The van der Waals surface area contributed by atoms with Crippen molar-refractivity contribution in [2.45, 2.75) is 159 Å². The maximum absolute atomic E-state index is 14.3. The summed E-state index contributed by atoms with van der Waals surface area (Å²) >= 11 is 8.36. The molecule has 1 aromatic rings. The molecular weight excluding hydrogens is 940 g/mol. The highest BCUT2D eigenvalue weighted by Crippen LogP contribution is 2.50. The Morgan fingerprint density at radius 1 is 0.929 bits per heavy atom. The van der Waals surface area contributed by atoms with Crippen molar-refractivity contribution in [2.75, 3.05) is 30.8 Å². The topological polar surface area (TPSA) is 202 Å². The number of allylic oxidation sites excluding steroid dienone is 3. The van der Waals surface area contributed by atoms with Gasteiger partial charge in [-0.05, 0) is 120 Å². The number of thioether (sulfide) groups is 1. The molecule has 4 bridgehead atoms. The van der Waals surface area contributed by atoms with E-state index in [2.05, 4.69) is 5.32 Å². The normalized spacial score (nSPS) is 36.4. The second-order valence-electron chi connectivity index (χ2n) is 21.3. The average Bonchev–Trinajstić information content (AvgIpc) is 3.75. The summed E-state index contributed by atoms with van der Waals surface area (Å²) in [7, 11) is 1.66. The number of imide groups is 1. The van der Waals surface area contributed by atoms with Crippen LogP contribution in [0.4, 0.5) is 10.5 Å². The number of amides is 5. The molecule has 2 saturated carbocycles. The van der Waals surface area contributed by atoms with Crippen molar-refractivity contribution in [1.82, 2.24) is 15.3 Å². The van der Waals surface area contributed by atoms with Gasteiger partial charge in [0.2, 0.25) is 17.7 Å². The minimum atomic E-state index is -1.60. The number of halogens is 1. The maximum atomic E-state index is 14.3. The lowest BCUT2D eigenvalue weighted by molar-refractivity contribution is -0.197. The third kappa shape index (κ3) is 11.4. The van der Waals surface area contributed by atoms with Gasteiger partial charge >= 0.3 is 18.0 Å². The van der Waals surface area contributed by atoms with E-state index >= 15 is 0 Å². The number of nitrogens with one attached hydrogen (secondary N) is 1. The average molecular weight is 1010 g/mol. The number of anilines is 1. The molecular formula is C52H69ClN4O12S. The van der Waals surface area contributed by atoms with E-state index in [1.54, 1.807) is 7.05 Å². The van der Waals surface area contributed by atoms with Crippen LogP contribution in [-0.2, 0) is 54.2 Å². The predicted octanol–water partition coefficient (Wildman–Crippen LogP) is 7.14. The van der Waals surface area contributed by atoms with Crippen LogP contribution in [0.1, 0.15) is 122 Å². The summed E-state index contributed by atoms with van der Waals surface area (Å²) in [5, 5.41) is 15.6. The van der Waals surface area contributed by atoms with Gasteiger partial charge in [0.1, 0.15) is 23.5 Å². The van der Waals surface area contributed by atoms with Gasteiger partial charge in [0.05, 0.1) is 46.9 Å². The lowest BCUT2D eigenvalue weighted by atomic mass is 9.81. The van der Waals surface area contributed by atoms with Crippen LogP contribution < -0.4 is 10.2 Å². The lowest BCUT2D eigenvalue weighted by Crippen LogP contribution is -2.60. The number of rotatable bonds is 9. The number of hydrogen-bond acceptors (Lipinski definition) is 13. The first-order valence-electron chi connectivity index (χ1n) is 25.2. The molecule has 4 saturated heterocycles. The van der Waals surface area contributed by atoms with Gasteiger partial charge in [-0.15, -0.1) is 11.8 Å². The first-order valence-corrected chi connectivity index (χ1v) is 26.6. The predicted molar refractivity (Wildman–Crippen MR) is 261 cm³/mol. The molecule has 382 valence electrons. The van der Waals surface area contributed by atoms with Gasteiger partial charge in [0.15, 0.2) is 0 Å². The first kappa shape index (κ1) is 51.9. The largest absolute Gasteiger partial charge is 0.458 e. The third-order valence-electron chi connectivity index (χ3n) is 16.1. The number of hydroxylamine groups is 2. The van der Waals surface area contributed by atoms with E-state index in [1.807, 2.05) is 65.0 Å². The van der Waals surface area contributed by atoms with Crippen LogP contribution in [0.3, 0.4) is 0 Å². The van der Waals surface area contributed by atoms with Crippen molar-refractivity contribution in [3.05, 3.63) is 52.1 Å². The van der Waals surface area contributed by atoms with E-state index in [-0.39, 0.29) is 66.6 Å². The number of carbonyl (C=O) groups is 7. The zero-order valence-corrected chi connectivity index (χ0v) is 42.8. The highest BCUT2D eigenvalue weighted by Gasteiger charge is 2.64. The molecule has 0 spiro atoms. The molecule has 6 fully saturated rings. The summed E-state index contributed by atoms with van der Waals surface area (Å²) in [6, 6.07) is 3.89. The molecule has 0 aromatic heterocycles. The number of ether oxygens (including phenoxy) is 3. The van der Waals surface area contributed by atoms with E-state index in [9.17, 15) is 38.7 Å². The number of nitrogens with zero attached hydrogens (tertiary/aromatic N) is 3. The molecule has 18 heteroatoms. The Hall–Kier alpha value is -4.45. The fraction of sp³-hybridized carbons (Fsp3) is 0.673. The SMILES string of the molecule is C/C1=C\C=C\[C@@H](C)[C@@]2(O)CC(OC(=O)N2)[C@@H](C)[C@@H]2O[C@@]2(C)[C@@H](OC(=O)C2CCC(CSC3CC(=O)N(CC4CCC(C(=O)ON5CCCC5=O)CC4)C3=O)CC2)CC(=O)N(C)c2cc(cc(C)c2Cl)C1. The monoisotopic (exact) mass is 1010 g/mol. The number of hydrogen-bond donors (Lipinski definition) is 2. The first-order chi connectivity index (χ1) is 33.2. The van der Waals surface area contributed by atoms with E-state index in [4.69, 9.17) is 30.6 Å². The molecule has 16 nitrogen and oxygen atoms in total. The van der Waals surface area contributed by atoms with Gasteiger partial charge in [-0.1, -0.05) is 55.3 Å². The van der Waals surface area contributed by atoms with Crippen molar-refractivity contribution in [3.8, 4) is 0 Å². The van der Waals surface area contributed by atoms with Gasteiger partial charge in [0, 0.05) is 44.7 Å². The van der Waals surface area contributed by atoms with E-state index < -0.39 is 64.7 Å². The number of carbonyl (C=O) groups excluding carboxylic acids is 7. The molecule has 2 unspecified atom stereocenters. The van der Waals surface area contributed by atoms with Crippen LogP contribution in [0.15, 0.2) is 35.9 Å². The number of aliphatic hydroxyl groups is 1. The molecule has 7 aliphatic rings. The fourth-order valence-corrected chi connectivity index (χ4v) is 12.9. The summed E-state index contributed by atoms with van der Waals surface area (Å²) in [5.74, 6) is -2.29. The van der Waals surface area contributed by atoms with Crippen molar-refractivity contribution >= 4 is 70.7 Å². The minimum absolute atomic E-state index is 0.0808. The maximum Gasteiger partial charge on any atom is 0.409 e. The minimum Gasteiger partial charge on any atom is -0.458 e. The van der Waals surface area contributed by atoms with Gasteiger partial charge in [0.25, 0.3) is 5.91 Å². The Labute approximate surface area is 419 Å². The van der Waals surface area contributed by atoms with E-state index in [0.717, 1.165) is 34.6 Å². The zero-order chi connectivity index (χ0) is 50.2. The summed E-state index contributed by atoms with van der Waals surface area (Å²) in [4.78, 5) is 101. The van der Waals surface area contributed by atoms with Crippen molar-refractivity contribution in [2.24, 2.45) is 35.5 Å². The molecule has 1 aromatic carbocycles. The number of benzene rings is 1. The molecule has 5 aliphatic heterocycles. The number of epoxide rings is 1. The Bertz CT molecular complexity index is 2290. The quantitative estimate of drug-likeness (QED) is 0.144. The molecule has 2 N–H and O–H groups in total. The number of likely N-dealkylation sites (tertiary alicyclic amines) is 1. The van der Waals surface area contributed by atoms with Crippen LogP contribution in [0.2, 0.25) is 5.02 Å². The molecule has 0 radical (unpaired) electrons. The number of aryl methyl sites for hydroxylation is 1. The van der Waals surface area contributed by atoms with Crippen LogP contribution >= 0.6 is 23.4 Å². The molecule has 2 aliphatic carbocycles. The van der Waals surface area contributed by atoms with Gasteiger partial charge < -0.3 is 29.1 Å². The standard InChI is InChI=1S/C52H69ClN4O12S/c1-29-9-7-10-31(3)52(65)26-39(66-50(64)54-52)32(4)46-51(5,68-46)41(25-43(59)55(6)38-23-35(21-29)22-30(2)45(38)53)67-48(62)36-18-14-34(15-19-36)28-70-40-24-44(60)56(47(40)61)27-33-12-16-37(17-13-33)49(63)69-57-20-8-11-42(57)58/h7,9-10,22-23,31-34,36-37,39-41,46,65H,8,11-21,24-28H2,1-6H3,(H,54,64)/b10-7+,29-9+/t31-,32-,33?,34?,36?,37?,39?,40?,41+,46+,51+,52+/m1/s1. The van der Waals surface area contributed by atoms with Crippen molar-refractivity contribution < 1.29 is 57.7 Å². The summed E-state index contributed by atoms with van der Waals surface area (Å²) in [6.45, 7) is 10.2. The lowest BCUT2D eigenvalue weighted by Gasteiger charge is -2.41. The van der Waals surface area contributed by atoms with E-state index in [0.29, 0.717) is 87.3 Å². The Morgan fingerprint density at radius 2 is 1.61 bits per heavy atom. The molecule has 5 heterocycles. The molecule has 8 rings (SSSR count). The fourth-order valence-electron chi connectivity index (χ4n) is 11.3. The molecule has 8 atom stereocenters. The highest BCUT2D eigenvalue weighted by molar-refractivity contribution is 8.00. The third-order valence-corrected chi connectivity index (χ3v) is 18.0. The second kappa shape index (κ2) is 21.3. The molecule has 5 amide bonds. The van der Waals surface area contributed by atoms with Crippen LogP contribution in [0.5, 0.6) is 0 Å². The van der Waals surface area contributed by atoms with Crippen LogP contribution in [-0.4, -0.2) is 118 Å². The summed E-state index contributed by atoms with van der Waals surface area (Å²) in [6.07, 6.45) is 9.38. The van der Waals surface area contributed by atoms with Crippen molar-refractivity contribution in [1.29, 1.82) is 0 Å². The highest BCUT2D eigenvalue weighted by atomic mass is 35.5. The smallest absolute Gasteiger partial charge is 0.409 e. The van der Waals surface area contributed by atoms with Gasteiger partial charge in [-0.25, -0.2) is 9.59 Å². The Morgan fingerprint density at radius 3 is 2.30 bits per heavy atom.